The van der Waals surface area contributed by atoms with Crippen molar-refractivity contribution in [2.24, 2.45) is 0 Å². The molecule has 0 spiro atoms. The lowest BCUT2D eigenvalue weighted by molar-refractivity contribution is -0.135. The third kappa shape index (κ3) is 4.68. The largest absolute Gasteiger partial charge is 0.378 e. The Balaban J connectivity index is 1.93. The van der Waals surface area contributed by atoms with Crippen molar-refractivity contribution in [3.63, 3.8) is 0 Å². The standard InChI is InChI=1S/C16H29N3O3/c1-2-8-18-15(21)16(6-4-3-5-7-16)19-14(20)11-13-12-22-10-9-17-13/h13,17H,2-12H2,1H3,(H,18,21)(H,19,20). The second-order valence-corrected chi connectivity index (χ2v) is 6.38. The van der Waals surface area contributed by atoms with Crippen LogP contribution in [0.4, 0.5) is 0 Å². The van der Waals surface area contributed by atoms with Crippen LogP contribution in [0.5, 0.6) is 0 Å². The number of hydrogen-bond donors (Lipinski definition) is 3. The monoisotopic (exact) mass is 311 g/mol. The van der Waals surface area contributed by atoms with E-state index in [0.717, 1.165) is 45.1 Å². The zero-order chi connectivity index (χ0) is 15.8. The molecule has 0 radical (unpaired) electrons. The van der Waals surface area contributed by atoms with Gasteiger partial charge in [-0.25, -0.2) is 0 Å². The highest BCUT2D eigenvalue weighted by Gasteiger charge is 2.40. The maximum atomic E-state index is 12.5. The highest BCUT2D eigenvalue weighted by atomic mass is 16.5. The van der Waals surface area contributed by atoms with Crippen molar-refractivity contribution >= 4 is 11.8 Å². The highest BCUT2D eigenvalue weighted by Crippen LogP contribution is 2.28. The summed E-state index contributed by atoms with van der Waals surface area (Å²) >= 11 is 0. The SMILES string of the molecule is CCCNC(=O)C1(NC(=O)CC2COCCN2)CCCCC1. The lowest BCUT2D eigenvalue weighted by Gasteiger charge is -2.37. The van der Waals surface area contributed by atoms with E-state index in [1.807, 2.05) is 6.92 Å². The number of ether oxygens (including phenoxy) is 1. The lowest BCUT2D eigenvalue weighted by Crippen LogP contribution is -2.60. The maximum Gasteiger partial charge on any atom is 0.245 e. The number of hydrogen-bond acceptors (Lipinski definition) is 4. The molecule has 2 fully saturated rings. The van der Waals surface area contributed by atoms with Crippen molar-refractivity contribution < 1.29 is 14.3 Å². The van der Waals surface area contributed by atoms with Crippen molar-refractivity contribution in [2.45, 2.75) is 63.5 Å². The molecule has 1 aliphatic carbocycles. The summed E-state index contributed by atoms with van der Waals surface area (Å²) in [6.45, 7) is 4.72. The molecule has 0 aromatic rings. The zero-order valence-electron chi connectivity index (χ0n) is 13.6. The van der Waals surface area contributed by atoms with Gasteiger partial charge in [0.05, 0.1) is 13.2 Å². The molecule has 2 amide bonds. The van der Waals surface area contributed by atoms with Crippen LogP contribution in [-0.2, 0) is 14.3 Å². The van der Waals surface area contributed by atoms with Gasteiger partial charge in [0.1, 0.15) is 5.54 Å². The predicted molar refractivity (Wildman–Crippen MR) is 84.5 cm³/mol. The molecule has 22 heavy (non-hydrogen) atoms. The topological polar surface area (TPSA) is 79.5 Å². The van der Waals surface area contributed by atoms with E-state index in [1.165, 1.54) is 0 Å². The molecule has 1 saturated heterocycles. The number of nitrogens with one attached hydrogen (secondary N) is 3. The normalized spacial score (nSPS) is 24.5. The zero-order valence-corrected chi connectivity index (χ0v) is 13.6. The molecule has 1 heterocycles. The van der Waals surface area contributed by atoms with E-state index in [1.54, 1.807) is 0 Å². The van der Waals surface area contributed by atoms with Gasteiger partial charge in [-0.1, -0.05) is 26.2 Å². The van der Waals surface area contributed by atoms with Crippen LogP contribution in [0.3, 0.4) is 0 Å². The fourth-order valence-corrected chi connectivity index (χ4v) is 3.26. The Hall–Kier alpha value is -1.14. The summed E-state index contributed by atoms with van der Waals surface area (Å²) in [5.41, 5.74) is -0.708. The van der Waals surface area contributed by atoms with Crippen LogP contribution in [0.2, 0.25) is 0 Å². The first-order valence-corrected chi connectivity index (χ1v) is 8.57. The van der Waals surface area contributed by atoms with E-state index in [4.69, 9.17) is 4.74 Å². The Bertz CT molecular complexity index is 375. The summed E-state index contributed by atoms with van der Waals surface area (Å²) < 4.78 is 5.38. The van der Waals surface area contributed by atoms with E-state index < -0.39 is 5.54 Å². The Labute approximate surface area is 132 Å². The quantitative estimate of drug-likeness (QED) is 0.675. The Morgan fingerprint density at radius 3 is 2.68 bits per heavy atom. The van der Waals surface area contributed by atoms with Crippen molar-refractivity contribution in [3.05, 3.63) is 0 Å². The van der Waals surface area contributed by atoms with Gasteiger partial charge in [0, 0.05) is 25.6 Å². The van der Waals surface area contributed by atoms with Gasteiger partial charge in [0.15, 0.2) is 0 Å². The minimum absolute atomic E-state index is 0.0183. The highest BCUT2D eigenvalue weighted by molar-refractivity contribution is 5.91. The second kappa shape index (κ2) is 8.48. The van der Waals surface area contributed by atoms with Crippen LogP contribution in [-0.4, -0.2) is 49.7 Å². The van der Waals surface area contributed by atoms with Gasteiger partial charge in [-0.05, 0) is 19.3 Å². The van der Waals surface area contributed by atoms with Gasteiger partial charge in [0.25, 0.3) is 0 Å². The first-order valence-electron chi connectivity index (χ1n) is 8.57. The van der Waals surface area contributed by atoms with Gasteiger partial charge in [-0.15, -0.1) is 0 Å². The molecule has 6 nitrogen and oxygen atoms in total. The lowest BCUT2D eigenvalue weighted by atomic mass is 9.80. The summed E-state index contributed by atoms with van der Waals surface area (Å²) in [4.78, 5) is 24.9. The molecule has 0 bridgehead atoms. The van der Waals surface area contributed by atoms with Crippen molar-refractivity contribution in [1.29, 1.82) is 0 Å². The number of morpholine rings is 1. The average Bonchev–Trinajstić information content (AvgIpc) is 2.54. The minimum Gasteiger partial charge on any atom is -0.378 e. The van der Waals surface area contributed by atoms with Crippen molar-refractivity contribution in [2.75, 3.05) is 26.3 Å². The molecule has 0 aromatic heterocycles. The molecule has 2 aliphatic rings. The molecule has 3 N–H and O–H groups in total. The second-order valence-electron chi connectivity index (χ2n) is 6.38. The first-order chi connectivity index (χ1) is 10.7. The third-order valence-corrected chi connectivity index (χ3v) is 4.49. The van der Waals surface area contributed by atoms with Crippen LogP contribution < -0.4 is 16.0 Å². The third-order valence-electron chi connectivity index (χ3n) is 4.49. The van der Waals surface area contributed by atoms with E-state index in [-0.39, 0.29) is 17.9 Å². The maximum absolute atomic E-state index is 12.5. The minimum atomic E-state index is -0.708. The van der Waals surface area contributed by atoms with E-state index in [9.17, 15) is 9.59 Å². The summed E-state index contributed by atoms with van der Waals surface area (Å²) in [6.07, 6.45) is 5.86. The van der Waals surface area contributed by atoms with E-state index in [2.05, 4.69) is 16.0 Å². The fraction of sp³-hybridized carbons (Fsp3) is 0.875. The summed E-state index contributed by atoms with van der Waals surface area (Å²) in [5, 5.41) is 9.28. The Morgan fingerprint density at radius 1 is 1.27 bits per heavy atom. The van der Waals surface area contributed by atoms with Crippen molar-refractivity contribution in [3.8, 4) is 0 Å². The molecular weight excluding hydrogens is 282 g/mol. The van der Waals surface area contributed by atoms with Gasteiger partial charge in [-0.3, -0.25) is 9.59 Å². The molecule has 6 heteroatoms. The van der Waals surface area contributed by atoms with Gasteiger partial charge < -0.3 is 20.7 Å². The number of amides is 2. The molecule has 1 unspecified atom stereocenters. The van der Waals surface area contributed by atoms with Crippen LogP contribution in [0.15, 0.2) is 0 Å². The number of carbonyl (C=O) groups is 2. The molecule has 1 atom stereocenters. The molecule has 2 rings (SSSR count). The molecule has 126 valence electrons. The number of rotatable bonds is 6. The van der Waals surface area contributed by atoms with Gasteiger partial charge >= 0.3 is 0 Å². The smallest absolute Gasteiger partial charge is 0.245 e. The van der Waals surface area contributed by atoms with Crippen LogP contribution in [0.1, 0.15) is 51.9 Å². The van der Waals surface area contributed by atoms with E-state index >= 15 is 0 Å². The molecule has 1 aliphatic heterocycles. The van der Waals surface area contributed by atoms with Crippen LogP contribution in [0.25, 0.3) is 0 Å². The van der Waals surface area contributed by atoms with E-state index in [0.29, 0.717) is 26.2 Å². The van der Waals surface area contributed by atoms with Crippen LogP contribution in [0, 0.1) is 0 Å². The Kier molecular flexibility index (Phi) is 6.64. The van der Waals surface area contributed by atoms with Crippen LogP contribution >= 0.6 is 0 Å². The van der Waals surface area contributed by atoms with Crippen molar-refractivity contribution in [1.82, 2.24) is 16.0 Å². The van der Waals surface area contributed by atoms with Gasteiger partial charge in [-0.2, -0.15) is 0 Å². The summed E-state index contributed by atoms with van der Waals surface area (Å²) in [5.74, 6) is -0.0770. The van der Waals surface area contributed by atoms with Gasteiger partial charge in [0.2, 0.25) is 11.8 Å². The Morgan fingerprint density at radius 2 is 2.05 bits per heavy atom. The number of carbonyl (C=O) groups excluding carboxylic acids is 2. The first kappa shape index (κ1) is 17.2. The summed E-state index contributed by atoms with van der Waals surface area (Å²) in [7, 11) is 0. The average molecular weight is 311 g/mol. The molecular formula is C16H29N3O3. The molecule has 1 saturated carbocycles. The fourth-order valence-electron chi connectivity index (χ4n) is 3.26. The molecule has 0 aromatic carbocycles. The summed E-state index contributed by atoms with van der Waals surface area (Å²) in [6, 6.07) is 0.0492. The predicted octanol–water partition coefficient (Wildman–Crippen LogP) is 0.710.